The molecule has 0 saturated heterocycles. The second-order valence-corrected chi connectivity index (χ2v) is 3.60. The summed E-state index contributed by atoms with van der Waals surface area (Å²) in [4.78, 5) is 58.6. The van der Waals surface area contributed by atoms with E-state index in [2.05, 4.69) is 0 Å². The van der Waals surface area contributed by atoms with E-state index in [1.807, 2.05) is 0 Å². The maximum atomic E-state index is 7.33. The fraction of sp³-hybridized carbons (Fsp3) is 0. The van der Waals surface area contributed by atoms with Crippen LogP contribution in [-0.4, -0.2) is 117 Å². The average molecular weight is 261 g/mol. The summed E-state index contributed by atoms with van der Waals surface area (Å²) in [6.07, 6.45) is 0. The van der Waals surface area contributed by atoms with Gasteiger partial charge in [0, 0.05) is 0 Å². The summed E-state index contributed by atoms with van der Waals surface area (Å²) in [6.45, 7) is 0. The van der Waals surface area contributed by atoms with Gasteiger partial charge in [0.25, 0.3) is 0 Å². The molecule has 0 radical (unpaired) electrons. The number of rotatable bonds is 0. The molecule has 72 valence electrons. The fourth-order valence-corrected chi connectivity index (χ4v) is 0. The summed E-state index contributed by atoms with van der Waals surface area (Å²) < 4.78 is 0. The summed E-state index contributed by atoms with van der Waals surface area (Å²) in [5, 5.41) is 0. The Kier molecular flexibility index (Phi) is 19.2. The third-order valence-corrected chi connectivity index (χ3v) is 0. The van der Waals surface area contributed by atoms with Gasteiger partial charge in [-0.05, 0) is 0 Å². The molecular weight excluding hydrogens is 249 g/mol. The van der Waals surface area contributed by atoms with Crippen molar-refractivity contribution in [2.45, 2.75) is 0 Å². The van der Waals surface area contributed by atoms with Crippen LogP contribution in [0.5, 0.6) is 0 Å². The molecule has 0 amide bonds. The zero-order valence-corrected chi connectivity index (χ0v) is 6.58. The molecule has 0 aliphatic heterocycles. The summed E-state index contributed by atoms with van der Waals surface area (Å²) in [6, 6.07) is 0. The van der Waals surface area contributed by atoms with Crippen molar-refractivity contribution in [2.24, 2.45) is 0 Å². The Balaban J connectivity index is -0.0000000457. The molecule has 0 fully saturated rings. The zero-order chi connectivity index (χ0) is 9.00. The summed E-state index contributed by atoms with van der Waals surface area (Å²) in [7, 11) is -9.22. The maximum absolute atomic E-state index is 7.33. The van der Waals surface area contributed by atoms with Gasteiger partial charge in [-0.2, -0.15) is 0 Å². The van der Waals surface area contributed by atoms with Crippen LogP contribution in [0.4, 0.5) is 0 Å². The van der Waals surface area contributed by atoms with Crippen molar-refractivity contribution < 1.29 is 38.4 Å². The molecule has 0 spiro atoms. The van der Waals surface area contributed by atoms with Crippen LogP contribution < -0.4 is 0 Å². The van der Waals surface area contributed by atoms with E-state index in [1.165, 1.54) is 0 Å². The minimum absolute atomic E-state index is 0. The summed E-state index contributed by atoms with van der Waals surface area (Å²) >= 11 is 0. The van der Waals surface area contributed by atoms with Gasteiger partial charge in [-0.25, -0.2) is 0 Å². The van der Waals surface area contributed by atoms with Crippen LogP contribution >= 0.6 is 0 Å². The van der Waals surface area contributed by atoms with Crippen LogP contribution in [-0.2, 0) is 0 Å². The van der Waals surface area contributed by atoms with E-state index < -0.39 is 18.1 Å². The van der Waals surface area contributed by atoms with Gasteiger partial charge in [-0.15, -0.1) is 0 Å². The van der Waals surface area contributed by atoms with Crippen LogP contribution in [0.3, 0.4) is 0 Å². The van der Waals surface area contributed by atoms with Crippen LogP contribution in [0.2, 0.25) is 0 Å². The molecule has 12 heteroatoms. The smallest absolute Gasteiger partial charge is 0.316 e. The predicted octanol–water partition coefficient (Wildman–Crippen LogP) is -7.05. The molecule has 0 aromatic rings. The van der Waals surface area contributed by atoms with Crippen LogP contribution in [0, 0.1) is 0 Å². The molecule has 0 aliphatic rings. The maximum Gasteiger partial charge on any atom is 0.316 e. The monoisotopic (exact) mass is 260 g/mol. The minimum atomic E-state index is -4.61. The third-order valence-electron chi connectivity index (χ3n) is 0. The first-order valence-corrected chi connectivity index (χ1v) is 5.37. The van der Waals surface area contributed by atoms with Gasteiger partial charge in [0.1, 0.15) is 0 Å². The number of hydrogen-bond acceptors (Lipinski definition) is 8. The molecule has 12 heavy (non-hydrogen) atoms. The van der Waals surface area contributed by atoms with E-state index in [1.54, 1.807) is 0 Å². The minimum Gasteiger partial charge on any atom is 0.316 e. The van der Waals surface area contributed by atoms with E-state index in [4.69, 9.17) is 38.4 Å². The molecule has 0 aromatic carbocycles. The van der Waals surface area contributed by atoms with Crippen LogP contribution in [0.15, 0.2) is 0 Å². The molecule has 0 heterocycles. The molecule has 0 aromatic heterocycles. The van der Waals surface area contributed by atoms with Crippen molar-refractivity contribution in [1.29, 1.82) is 0 Å². The molecule has 8 nitrogen and oxygen atoms in total. The van der Waals surface area contributed by atoms with Crippen molar-refractivity contribution in [3.05, 3.63) is 0 Å². The zero-order valence-electron chi connectivity index (χ0n) is 4.58. The molecule has 0 rings (SSSR count). The van der Waals surface area contributed by atoms with Gasteiger partial charge in [-0.3, -0.25) is 0 Å². The SMILES string of the molecule is O[Si](O)(O)O.O[Si](O)(O)O.[CaH2].[MgH2]. The van der Waals surface area contributed by atoms with Crippen molar-refractivity contribution in [2.75, 3.05) is 0 Å². The Morgan fingerprint density at radius 1 is 0.500 bits per heavy atom. The first-order chi connectivity index (χ1) is 4.00. The van der Waals surface area contributed by atoms with Gasteiger partial charge in [0.15, 0.2) is 0 Å². The molecule has 8 N–H and O–H groups in total. The van der Waals surface area contributed by atoms with E-state index in [-0.39, 0.29) is 60.8 Å². The summed E-state index contributed by atoms with van der Waals surface area (Å²) in [5.41, 5.74) is 0. The van der Waals surface area contributed by atoms with E-state index in [9.17, 15) is 0 Å². The topological polar surface area (TPSA) is 162 Å². The normalized spacial score (nSPS) is 10.0. The Hall–Kier alpha value is 2.14. The van der Waals surface area contributed by atoms with Gasteiger partial charge in [0.2, 0.25) is 0 Å². The van der Waals surface area contributed by atoms with Crippen molar-refractivity contribution in [3.8, 4) is 0 Å². The van der Waals surface area contributed by atoms with E-state index in [0.29, 0.717) is 0 Å². The Bertz CT molecular complexity index is 60.0. The third kappa shape index (κ3) is 329. The quantitative estimate of drug-likeness (QED) is 0.199. The standard InChI is InChI=1S/Ca.Mg.2H4O4Si.4H/c;;2*1-5(2,3)4;;;;/h;;2*1-4H;;;;. The molecule has 0 aliphatic carbocycles. The first kappa shape index (κ1) is 23.7. The second-order valence-electron chi connectivity index (χ2n) is 1.20. The van der Waals surface area contributed by atoms with E-state index >= 15 is 0 Å². The van der Waals surface area contributed by atoms with E-state index in [0.717, 1.165) is 0 Å². The van der Waals surface area contributed by atoms with Gasteiger partial charge in [-0.1, -0.05) is 0 Å². The van der Waals surface area contributed by atoms with Crippen LogP contribution in [0.25, 0.3) is 0 Å². The molecule has 0 bridgehead atoms. The Morgan fingerprint density at radius 2 is 0.500 bits per heavy atom. The van der Waals surface area contributed by atoms with Crippen LogP contribution in [0.1, 0.15) is 0 Å². The fourth-order valence-electron chi connectivity index (χ4n) is 0. The Labute approximate surface area is 116 Å². The van der Waals surface area contributed by atoms with Gasteiger partial charge >= 0.3 is 78.9 Å². The average Bonchev–Trinajstić information content (AvgIpc) is 1.12. The van der Waals surface area contributed by atoms with Crippen molar-refractivity contribution in [3.63, 3.8) is 0 Å². The van der Waals surface area contributed by atoms with Crippen molar-refractivity contribution >= 4 is 78.9 Å². The van der Waals surface area contributed by atoms with Crippen molar-refractivity contribution in [1.82, 2.24) is 0 Å². The molecule has 0 saturated carbocycles. The molecule has 0 atom stereocenters. The molecular formula is H12CaMgO8Si2. The molecule has 0 unspecified atom stereocenters. The summed E-state index contributed by atoms with van der Waals surface area (Å²) in [5.74, 6) is 0. The first-order valence-electron chi connectivity index (χ1n) is 1.79. The van der Waals surface area contributed by atoms with Gasteiger partial charge < -0.3 is 38.4 Å². The Morgan fingerprint density at radius 3 is 0.500 bits per heavy atom. The second kappa shape index (κ2) is 9.69. The predicted molar refractivity (Wildman–Crippen MR) is 46.3 cm³/mol. The largest absolute Gasteiger partial charge is 0.316 e. The number of hydrogen-bond donors (Lipinski definition) is 8. The van der Waals surface area contributed by atoms with Gasteiger partial charge in [0.05, 0.1) is 0 Å².